The van der Waals surface area contributed by atoms with E-state index in [4.69, 9.17) is 4.74 Å². The van der Waals surface area contributed by atoms with E-state index in [1.807, 2.05) is 30.3 Å². The van der Waals surface area contributed by atoms with Gasteiger partial charge in [-0.1, -0.05) is 42.2 Å². The van der Waals surface area contributed by atoms with Crippen molar-refractivity contribution >= 4 is 10.0 Å². The van der Waals surface area contributed by atoms with Crippen molar-refractivity contribution in [1.82, 2.24) is 9.21 Å². The van der Waals surface area contributed by atoms with Crippen LogP contribution in [-0.2, 0) is 10.0 Å². The van der Waals surface area contributed by atoms with Crippen molar-refractivity contribution in [2.75, 3.05) is 33.3 Å². The fraction of sp³-hybridized carbons (Fsp3) is 0.310. The molecule has 3 aromatic rings. The van der Waals surface area contributed by atoms with Crippen LogP contribution in [0, 0.1) is 11.8 Å². The summed E-state index contributed by atoms with van der Waals surface area (Å²) in [5, 5.41) is 0. The van der Waals surface area contributed by atoms with Crippen molar-refractivity contribution < 1.29 is 13.2 Å². The van der Waals surface area contributed by atoms with Gasteiger partial charge in [0.2, 0.25) is 10.0 Å². The molecule has 0 amide bonds. The molecule has 2 atom stereocenters. The van der Waals surface area contributed by atoms with E-state index < -0.39 is 10.0 Å². The van der Waals surface area contributed by atoms with Crippen LogP contribution < -0.4 is 4.74 Å². The lowest BCUT2D eigenvalue weighted by Crippen LogP contribution is -2.60. The van der Waals surface area contributed by atoms with Crippen molar-refractivity contribution in [2.45, 2.75) is 29.7 Å². The van der Waals surface area contributed by atoms with E-state index in [0.717, 1.165) is 37.1 Å². The quantitative estimate of drug-likeness (QED) is 0.515. The molecular formula is C29H30N2O3S. The number of sulfonamides is 1. The molecule has 6 heteroatoms. The van der Waals surface area contributed by atoms with Gasteiger partial charge in [-0.2, -0.15) is 4.31 Å². The summed E-state index contributed by atoms with van der Waals surface area (Å²) in [6.07, 6.45) is 1.88. The Bertz CT molecular complexity index is 1310. The summed E-state index contributed by atoms with van der Waals surface area (Å²) in [5.41, 5.74) is 3.23. The molecule has 2 saturated heterocycles. The maximum atomic E-state index is 13.5. The maximum Gasteiger partial charge on any atom is 0.243 e. The number of fused-ring (bicyclic) bond motifs is 1. The fourth-order valence-electron chi connectivity index (χ4n) is 4.95. The average molecular weight is 487 g/mol. The fourth-order valence-corrected chi connectivity index (χ4v) is 6.45. The van der Waals surface area contributed by atoms with Crippen LogP contribution in [0.15, 0.2) is 83.8 Å². The topological polar surface area (TPSA) is 49.9 Å². The first kappa shape index (κ1) is 23.6. The number of benzene rings is 3. The standard InChI is InChI=1S/C29H30N2O3S/c1-34-26-15-17-27(18-16-26)35(32,33)31-20-6-5-19-30-21-28(29(30)22-31)25-13-11-24(12-14-25)10-9-23-7-3-2-4-8-23/h2-4,7-8,11-18,28-29H,5-6,19-22H2,1H3/t28-,29+/m1/s1. The van der Waals surface area contributed by atoms with Crippen LogP contribution in [0.1, 0.15) is 35.4 Å². The summed E-state index contributed by atoms with van der Waals surface area (Å²) in [7, 11) is -1.98. The van der Waals surface area contributed by atoms with E-state index >= 15 is 0 Å². The molecule has 2 heterocycles. The van der Waals surface area contributed by atoms with Crippen LogP contribution in [-0.4, -0.2) is 57.0 Å². The van der Waals surface area contributed by atoms with Gasteiger partial charge in [0.15, 0.2) is 0 Å². The Hall–Kier alpha value is -3.11. The molecule has 0 spiro atoms. The Morgan fingerprint density at radius 3 is 2.14 bits per heavy atom. The lowest BCUT2D eigenvalue weighted by Gasteiger charge is -2.51. The molecule has 2 aliphatic rings. The van der Waals surface area contributed by atoms with E-state index in [-0.39, 0.29) is 6.04 Å². The number of hydrogen-bond donors (Lipinski definition) is 0. The first-order valence-electron chi connectivity index (χ1n) is 12.1. The lowest BCUT2D eigenvalue weighted by atomic mass is 9.81. The number of nitrogens with zero attached hydrogens (tertiary/aromatic N) is 2. The second kappa shape index (κ2) is 10.2. The predicted molar refractivity (Wildman–Crippen MR) is 138 cm³/mol. The number of hydrogen-bond acceptors (Lipinski definition) is 4. The zero-order valence-electron chi connectivity index (χ0n) is 19.9. The minimum atomic E-state index is -3.56. The highest BCUT2D eigenvalue weighted by Gasteiger charge is 2.43. The molecule has 0 unspecified atom stereocenters. The molecule has 0 aromatic heterocycles. The number of rotatable bonds is 4. The summed E-state index contributed by atoms with van der Waals surface area (Å²) in [4.78, 5) is 2.76. The highest BCUT2D eigenvalue weighted by molar-refractivity contribution is 7.89. The second-order valence-corrected chi connectivity index (χ2v) is 11.1. The molecule has 2 fully saturated rings. The molecular weight excluding hydrogens is 456 g/mol. The molecule has 2 aliphatic heterocycles. The van der Waals surface area contributed by atoms with Crippen LogP contribution in [0.3, 0.4) is 0 Å². The van der Waals surface area contributed by atoms with Crippen LogP contribution in [0.5, 0.6) is 5.75 Å². The maximum absolute atomic E-state index is 13.5. The van der Waals surface area contributed by atoms with E-state index in [9.17, 15) is 8.42 Å². The monoisotopic (exact) mass is 486 g/mol. The minimum Gasteiger partial charge on any atom is -0.497 e. The Labute approximate surface area is 208 Å². The number of ether oxygens (including phenoxy) is 1. The van der Waals surface area contributed by atoms with Crippen molar-refractivity contribution in [2.24, 2.45) is 0 Å². The third-order valence-electron chi connectivity index (χ3n) is 7.02. The smallest absolute Gasteiger partial charge is 0.243 e. The molecule has 5 rings (SSSR count). The van der Waals surface area contributed by atoms with Gasteiger partial charge in [0.05, 0.1) is 12.0 Å². The largest absolute Gasteiger partial charge is 0.497 e. The van der Waals surface area contributed by atoms with Crippen LogP contribution >= 0.6 is 0 Å². The molecule has 5 nitrogen and oxygen atoms in total. The van der Waals surface area contributed by atoms with Gasteiger partial charge in [-0.15, -0.1) is 0 Å². The molecule has 35 heavy (non-hydrogen) atoms. The minimum absolute atomic E-state index is 0.185. The van der Waals surface area contributed by atoms with Gasteiger partial charge in [0.25, 0.3) is 0 Å². The second-order valence-electron chi connectivity index (χ2n) is 9.15. The zero-order valence-corrected chi connectivity index (χ0v) is 20.7. The Kier molecular flexibility index (Phi) is 6.92. The Morgan fingerprint density at radius 1 is 0.800 bits per heavy atom. The van der Waals surface area contributed by atoms with Gasteiger partial charge < -0.3 is 4.74 Å². The molecule has 0 N–H and O–H groups in total. The van der Waals surface area contributed by atoms with Gasteiger partial charge in [-0.3, -0.25) is 4.90 Å². The first-order chi connectivity index (χ1) is 17.0. The molecule has 3 aromatic carbocycles. The molecule has 180 valence electrons. The van der Waals surface area contributed by atoms with Gasteiger partial charge in [0.1, 0.15) is 5.75 Å². The summed E-state index contributed by atoms with van der Waals surface area (Å²) in [5.74, 6) is 7.41. The molecule has 0 aliphatic carbocycles. The van der Waals surface area contributed by atoms with E-state index in [2.05, 4.69) is 41.0 Å². The lowest BCUT2D eigenvalue weighted by molar-refractivity contribution is 0.0347. The van der Waals surface area contributed by atoms with Crippen LogP contribution in [0.25, 0.3) is 0 Å². The van der Waals surface area contributed by atoms with Crippen molar-refractivity contribution in [3.8, 4) is 17.6 Å². The Balaban J connectivity index is 1.32. The molecule has 0 bridgehead atoms. The number of methoxy groups -OCH3 is 1. The normalized spacial score (nSPS) is 20.9. The predicted octanol–water partition coefficient (Wildman–Crippen LogP) is 4.35. The van der Waals surface area contributed by atoms with Crippen LogP contribution in [0.2, 0.25) is 0 Å². The van der Waals surface area contributed by atoms with Crippen molar-refractivity contribution in [3.63, 3.8) is 0 Å². The third kappa shape index (κ3) is 5.13. The van der Waals surface area contributed by atoms with E-state index in [1.54, 1.807) is 35.7 Å². The van der Waals surface area contributed by atoms with Crippen molar-refractivity contribution in [1.29, 1.82) is 0 Å². The van der Waals surface area contributed by atoms with Gasteiger partial charge in [0, 0.05) is 42.7 Å². The van der Waals surface area contributed by atoms with E-state index in [0.29, 0.717) is 29.7 Å². The first-order valence-corrected chi connectivity index (χ1v) is 13.5. The average Bonchev–Trinajstić information content (AvgIpc) is 2.88. The highest BCUT2D eigenvalue weighted by atomic mass is 32.2. The van der Waals surface area contributed by atoms with Gasteiger partial charge in [-0.25, -0.2) is 8.42 Å². The highest BCUT2D eigenvalue weighted by Crippen LogP contribution is 2.37. The third-order valence-corrected chi connectivity index (χ3v) is 8.90. The SMILES string of the molecule is COc1ccc(S(=O)(=O)N2CCCCN3C[C@H](c4ccc(C#Cc5ccccc5)cc4)[C@@H]3C2)cc1. The summed E-state index contributed by atoms with van der Waals surface area (Å²) < 4.78 is 33.8. The van der Waals surface area contributed by atoms with Gasteiger partial charge in [-0.05, 0) is 73.5 Å². The molecule has 0 saturated carbocycles. The zero-order chi connectivity index (χ0) is 24.3. The Morgan fingerprint density at radius 2 is 1.46 bits per heavy atom. The van der Waals surface area contributed by atoms with E-state index in [1.165, 1.54) is 5.56 Å². The summed E-state index contributed by atoms with van der Waals surface area (Å²) in [6.45, 7) is 3.06. The van der Waals surface area contributed by atoms with Gasteiger partial charge >= 0.3 is 0 Å². The summed E-state index contributed by atoms with van der Waals surface area (Å²) in [6, 6.07) is 25.3. The van der Waals surface area contributed by atoms with Crippen molar-refractivity contribution in [3.05, 3.63) is 95.6 Å². The molecule has 0 radical (unpaired) electrons. The van der Waals surface area contributed by atoms with Crippen LogP contribution in [0.4, 0.5) is 0 Å². The summed E-state index contributed by atoms with van der Waals surface area (Å²) >= 11 is 0.